The Bertz CT molecular complexity index is 346. The molecule has 17 heavy (non-hydrogen) atoms. The molecule has 1 aliphatic heterocycles. The van der Waals surface area contributed by atoms with E-state index in [0.717, 1.165) is 0 Å². The zero-order chi connectivity index (χ0) is 12.9. The lowest BCUT2D eigenvalue weighted by Gasteiger charge is -2.29. The van der Waals surface area contributed by atoms with Gasteiger partial charge in [-0.05, 0) is 12.8 Å². The van der Waals surface area contributed by atoms with Gasteiger partial charge in [0.2, 0.25) is 10.0 Å². The molecule has 1 heterocycles. The van der Waals surface area contributed by atoms with Crippen LogP contribution in [0.25, 0.3) is 0 Å². The van der Waals surface area contributed by atoms with E-state index in [1.807, 2.05) is 0 Å². The monoisotopic (exact) mass is 265 g/mol. The van der Waals surface area contributed by atoms with Crippen LogP contribution in [0.4, 0.5) is 0 Å². The number of carbonyl (C=O) groups excluding carboxylic acids is 1. The number of nitrogens with zero attached hydrogens (tertiary/aromatic N) is 1. The Morgan fingerprint density at radius 2 is 1.88 bits per heavy atom. The lowest BCUT2D eigenvalue weighted by Crippen LogP contribution is -2.42. The van der Waals surface area contributed by atoms with Crippen molar-refractivity contribution in [3.8, 4) is 0 Å². The Kier molecular flexibility index (Phi) is 5.35. The summed E-state index contributed by atoms with van der Waals surface area (Å²) in [6.45, 7) is 0.955. The predicted molar refractivity (Wildman–Crippen MR) is 62.0 cm³/mol. The van der Waals surface area contributed by atoms with E-state index in [1.165, 1.54) is 18.5 Å². The third-order valence-corrected chi connectivity index (χ3v) is 4.76. The number of sulfonamides is 1. The van der Waals surface area contributed by atoms with Crippen molar-refractivity contribution in [3.63, 3.8) is 0 Å². The summed E-state index contributed by atoms with van der Waals surface area (Å²) in [7, 11) is -0.423. The number of hydrogen-bond acceptors (Lipinski definition) is 5. The summed E-state index contributed by atoms with van der Waals surface area (Å²) in [6.07, 6.45) is 1.05. The summed E-state index contributed by atoms with van der Waals surface area (Å²) in [5.41, 5.74) is 0. The molecule has 6 nitrogen and oxygen atoms in total. The number of piperidine rings is 1. The van der Waals surface area contributed by atoms with Crippen molar-refractivity contribution in [2.75, 3.05) is 39.7 Å². The van der Waals surface area contributed by atoms with Gasteiger partial charge in [0.15, 0.2) is 0 Å². The third kappa shape index (κ3) is 3.93. The summed E-state index contributed by atoms with van der Waals surface area (Å²) in [5.74, 6) is -0.431. The Morgan fingerprint density at radius 1 is 1.29 bits per heavy atom. The van der Waals surface area contributed by atoms with Crippen LogP contribution in [0.3, 0.4) is 0 Å². The fourth-order valence-electron chi connectivity index (χ4n) is 1.85. The molecule has 0 N–H and O–H groups in total. The van der Waals surface area contributed by atoms with Crippen molar-refractivity contribution < 1.29 is 22.7 Å². The van der Waals surface area contributed by atoms with Gasteiger partial charge in [-0.15, -0.1) is 0 Å². The van der Waals surface area contributed by atoms with Gasteiger partial charge < -0.3 is 9.47 Å². The van der Waals surface area contributed by atoms with Crippen LogP contribution in [0.2, 0.25) is 0 Å². The second-order valence-corrected chi connectivity index (χ2v) is 6.09. The van der Waals surface area contributed by atoms with Crippen LogP contribution in [0.1, 0.15) is 12.8 Å². The molecule has 1 saturated heterocycles. The van der Waals surface area contributed by atoms with Crippen molar-refractivity contribution in [3.05, 3.63) is 0 Å². The molecule has 0 radical (unpaired) electrons. The van der Waals surface area contributed by atoms with Gasteiger partial charge in [0.25, 0.3) is 0 Å². The largest absolute Gasteiger partial charge is 0.469 e. The van der Waals surface area contributed by atoms with Crippen LogP contribution in [0, 0.1) is 5.92 Å². The molecular weight excluding hydrogens is 246 g/mol. The van der Waals surface area contributed by atoms with E-state index in [-0.39, 0.29) is 24.2 Å². The average molecular weight is 265 g/mol. The molecule has 0 aromatic carbocycles. The molecule has 1 aliphatic rings. The van der Waals surface area contributed by atoms with Gasteiger partial charge in [0.05, 0.1) is 25.4 Å². The van der Waals surface area contributed by atoms with E-state index in [9.17, 15) is 13.2 Å². The normalized spacial score (nSPS) is 19.2. The van der Waals surface area contributed by atoms with E-state index in [4.69, 9.17) is 4.74 Å². The van der Waals surface area contributed by atoms with E-state index < -0.39 is 10.0 Å². The number of rotatable bonds is 5. The Morgan fingerprint density at radius 3 is 2.35 bits per heavy atom. The van der Waals surface area contributed by atoms with Crippen LogP contribution in [0.15, 0.2) is 0 Å². The molecule has 0 aromatic heterocycles. The number of methoxy groups -OCH3 is 2. The topological polar surface area (TPSA) is 72.9 Å². The molecule has 0 aliphatic carbocycles. The second kappa shape index (κ2) is 6.32. The van der Waals surface area contributed by atoms with Gasteiger partial charge in [-0.25, -0.2) is 12.7 Å². The van der Waals surface area contributed by atoms with Gasteiger partial charge in [-0.3, -0.25) is 4.79 Å². The highest BCUT2D eigenvalue weighted by Crippen LogP contribution is 2.20. The van der Waals surface area contributed by atoms with Crippen LogP contribution in [-0.4, -0.2) is 58.4 Å². The van der Waals surface area contributed by atoms with E-state index in [2.05, 4.69) is 4.74 Å². The first-order valence-electron chi connectivity index (χ1n) is 5.56. The quantitative estimate of drug-likeness (QED) is 0.646. The zero-order valence-electron chi connectivity index (χ0n) is 10.2. The summed E-state index contributed by atoms with van der Waals surface area (Å²) >= 11 is 0. The Hall–Kier alpha value is -0.660. The highest BCUT2D eigenvalue weighted by molar-refractivity contribution is 7.89. The zero-order valence-corrected chi connectivity index (χ0v) is 11.0. The predicted octanol–water partition coefficient (Wildman–Crippen LogP) is -0.152. The molecule has 100 valence electrons. The first-order chi connectivity index (χ1) is 8.01. The summed E-state index contributed by atoms with van der Waals surface area (Å²) in [6, 6.07) is 0. The second-order valence-electron chi connectivity index (χ2n) is 4.01. The highest BCUT2D eigenvalue weighted by Gasteiger charge is 2.31. The maximum Gasteiger partial charge on any atom is 0.308 e. The fraction of sp³-hybridized carbons (Fsp3) is 0.900. The molecule has 7 heteroatoms. The lowest BCUT2D eigenvalue weighted by molar-refractivity contribution is -0.146. The summed E-state index contributed by atoms with van der Waals surface area (Å²) < 4.78 is 34.5. The average Bonchev–Trinajstić information content (AvgIpc) is 2.35. The molecule has 0 aromatic rings. The van der Waals surface area contributed by atoms with E-state index >= 15 is 0 Å². The van der Waals surface area contributed by atoms with E-state index in [1.54, 1.807) is 0 Å². The fourth-order valence-corrected chi connectivity index (χ4v) is 3.26. The minimum Gasteiger partial charge on any atom is -0.469 e. The van der Waals surface area contributed by atoms with Gasteiger partial charge in [0.1, 0.15) is 0 Å². The first-order valence-corrected chi connectivity index (χ1v) is 7.16. The number of esters is 1. The van der Waals surface area contributed by atoms with Gasteiger partial charge in [-0.1, -0.05) is 0 Å². The molecule has 0 bridgehead atoms. The van der Waals surface area contributed by atoms with Gasteiger partial charge in [0, 0.05) is 20.2 Å². The SMILES string of the molecule is COCCS(=O)(=O)N1CCC(C(=O)OC)CC1. The standard InChI is InChI=1S/C10H19NO5S/c1-15-7-8-17(13,14)11-5-3-9(4-6-11)10(12)16-2/h9H,3-8H2,1-2H3. The minimum absolute atomic E-state index is 0.00755. The van der Waals surface area contributed by atoms with Crippen molar-refractivity contribution in [2.24, 2.45) is 5.92 Å². The maximum absolute atomic E-state index is 11.8. The lowest BCUT2D eigenvalue weighted by atomic mass is 9.99. The molecule has 0 spiro atoms. The van der Waals surface area contributed by atoms with Crippen molar-refractivity contribution in [2.45, 2.75) is 12.8 Å². The van der Waals surface area contributed by atoms with Crippen LogP contribution in [-0.2, 0) is 24.3 Å². The number of hydrogen-bond donors (Lipinski definition) is 0. The van der Waals surface area contributed by atoms with Crippen molar-refractivity contribution >= 4 is 16.0 Å². The summed E-state index contributed by atoms with van der Waals surface area (Å²) in [4.78, 5) is 11.3. The Balaban J connectivity index is 2.49. The molecule has 0 amide bonds. The first kappa shape index (κ1) is 14.4. The summed E-state index contributed by atoms with van der Waals surface area (Å²) in [5, 5.41) is 0. The molecule has 0 atom stereocenters. The molecule has 0 unspecified atom stereocenters. The molecular formula is C10H19NO5S. The van der Waals surface area contributed by atoms with Crippen LogP contribution >= 0.6 is 0 Å². The van der Waals surface area contributed by atoms with Crippen molar-refractivity contribution in [1.29, 1.82) is 0 Å². The molecule has 0 saturated carbocycles. The smallest absolute Gasteiger partial charge is 0.308 e. The van der Waals surface area contributed by atoms with Gasteiger partial charge in [-0.2, -0.15) is 0 Å². The maximum atomic E-state index is 11.8. The molecule has 1 rings (SSSR count). The van der Waals surface area contributed by atoms with Gasteiger partial charge >= 0.3 is 5.97 Å². The van der Waals surface area contributed by atoms with Crippen LogP contribution < -0.4 is 0 Å². The van der Waals surface area contributed by atoms with Crippen molar-refractivity contribution in [1.82, 2.24) is 4.31 Å². The van der Waals surface area contributed by atoms with Crippen LogP contribution in [0.5, 0.6) is 0 Å². The number of carbonyl (C=O) groups is 1. The van der Waals surface area contributed by atoms with E-state index in [0.29, 0.717) is 25.9 Å². The highest BCUT2D eigenvalue weighted by atomic mass is 32.2. The number of ether oxygens (including phenoxy) is 2. The minimum atomic E-state index is -3.25. The third-order valence-electron chi connectivity index (χ3n) is 2.93. The Labute approximate surface area is 102 Å². The molecule has 1 fully saturated rings.